The van der Waals surface area contributed by atoms with Crippen LogP contribution >= 0.6 is 0 Å². The Balaban J connectivity index is 1.34. The van der Waals surface area contributed by atoms with Crippen molar-refractivity contribution in [3.05, 3.63) is 60.2 Å². The number of oxazole rings is 1. The SMILES string of the molecule is Cc1ccc(S(=O)(=O)NC23CC(c4cnco4)(C2)C3)cc1-c1cnc2c(N)nc(C(F)(F)F)cn12. The number of rotatable bonds is 5. The first kappa shape index (κ1) is 22.0. The van der Waals surface area contributed by atoms with Crippen LogP contribution < -0.4 is 10.5 Å². The van der Waals surface area contributed by atoms with Gasteiger partial charge in [0.1, 0.15) is 5.76 Å². The van der Waals surface area contributed by atoms with Crippen LogP contribution in [0.4, 0.5) is 19.0 Å². The van der Waals surface area contributed by atoms with E-state index in [9.17, 15) is 21.6 Å². The minimum absolute atomic E-state index is 0.00423. The van der Waals surface area contributed by atoms with Crippen molar-refractivity contribution in [2.45, 2.75) is 48.2 Å². The quantitative estimate of drug-likeness (QED) is 0.426. The van der Waals surface area contributed by atoms with E-state index in [0.717, 1.165) is 12.0 Å². The summed E-state index contributed by atoms with van der Waals surface area (Å²) in [6, 6.07) is 4.51. The first-order chi connectivity index (χ1) is 16.4. The van der Waals surface area contributed by atoms with Gasteiger partial charge in [0.25, 0.3) is 0 Å². The third kappa shape index (κ3) is 3.25. The highest BCUT2D eigenvalue weighted by Crippen LogP contribution is 2.68. The molecule has 0 spiro atoms. The Kier molecular flexibility index (Phi) is 4.29. The first-order valence-corrected chi connectivity index (χ1v) is 12.1. The largest absolute Gasteiger partial charge is 0.448 e. The average Bonchev–Trinajstić information content (AvgIpc) is 3.39. The average molecular weight is 504 g/mol. The van der Waals surface area contributed by atoms with Crippen molar-refractivity contribution >= 4 is 21.5 Å². The number of halogens is 3. The molecule has 2 bridgehead atoms. The van der Waals surface area contributed by atoms with Gasteiger partial charge in [-0.3, -0.25) is 4.40 Å². The van der Waals surface area contributed by atoms with Crippen LogP contribution in [0.25, 0.3) is 16.9 Å². The van der Waals surface area contributed by atoms with Gasteiger partial charge in [-0.05, 0) is 43.9 Å². The molecule has 0 atom stereocenters. The Hall–Kier alpha value is -3.45. The number of nitrogens with one attached hydrogen (secondary N) is 1. The lowest BCUT2D eigenvalue weighted by Gasteiger charge is -2.69. The van der Waals surface area contributed by atoms with Gasteiger partial charge in [-0.25, -0.2) is 28.1 Å². The maximum atomic E-state index is 13.3. The van der Waals surface area contributed by atoms with Crippen molar-refractivity contribution in [1.29, 1.82) is 0 Å². The summed E-state index contributed by atoms with van der Waals surface area (Å²) in [5.74, 6) is 0.384. The lowest BCUT2D eigenvalue weighted by atomic mass is 9.39. The molecule has 0 amide bonds. The number of fused-ring (bicyclic) bond motifs is 1. The summed E-state index contributed by atoms with van der Waals surface area (Å²) in [6.07, 6.45) is 2.32. The highest BCUT2D eigenvalue weighted by Gasteiger charge is 2.71. The Bertz CT molecular complexity index is 1570. The smallest absolute Gasteiger partial charge is 0.434 e. The number of benzene rings is 1. The minimum atomic E-state index is -4.71. The van der Waals surface area contributed by atoms with E-state index in [4.69, 9.17) is 10.2 Å². The Morgan fingerprint density at radius 2 is 1.94 bits per heavy atom. The number of nitrogen functional groups attached to an aromatic ring is 1. The third-order valence-electron chi connectivity index (χ3n) is 6.94. The second-order valence-electron chi connectivity index (χ2n) is 9.39. The molecule has 0 aliphatic heterocycles. The van der Waals surface area contributed by atoms with Gasteiger partial charge >= 0.3 is 6.18 Å². The van der Waals surface area contributed by atoms with E-state index in [1.165, 1.54) is 29.1 Å². The second-order valence-corrected chi connectivity index (χ2v) is 11.1. The molecule has 3 heterocycles. The van der Waals surface area contributed by atoms with Crippen molar-refractivity contribution in [3.63, 3.8) is 0 Å². The molecule has 7 rings (SSSR count). The summed E-state index contributed by atoms with van der Waals surface area (Å²) in [4.78, 5) is 11.4. The van der Waals surface area contributed by atoms with Crippen molar-refractivity contribution in [3.8, 4) is 11.3 Å². The molecule has 3 aliphatic carbocycles. The van der Waals surface area contributed by atoms with Crippen molar-refractivity contribution in [2.75, 3.05) is 5.73 Å². The van der Waals surface area contributed by atoms with E-state index in [1.54, 1.807) is 19.2 Å². The minimum Gasteiger partial charge on any atom is -0.448 e. The molecule has 0 unspecified atom stereocenters. The van der Waals surface area contributed by atoms with Crippen molar-refractivity contribution in [2.24, 2.45) is 0 Å². The molecule has 3 aliphatic rings. The Morgan fingerprint density at radius 1 is 1.20 bits per heavy atom. The molecule has 0 radical (unpaired) electrons. The van der Waals surface area contributed by atoms with Gasteiger partial charge in [-0.15, -0.1) is 0 Å². The predicted molar refractivity (Wildman–Crippen MR) is 118 cm³/mol. The summed E-state index contributed by atoms with van der Waals surface area (Å²) in [6.45, 7) is 1.73. The number of anilines is 1. The number of hydrogen-bond acceptors (Lipinski definition) is 7. The van der Waals surface area contributed by atoms with Crippen LogP contribution in [0, 0.1) is 6.92 Å². The fourth-order valence-electron chi connectivity index (χ4n) is 5.37. The summed E-state index contributed by atoms with van der Waals surface area (Å²) >= 11 is 0. The van der Waals surface area contributed by atoms with Crippen LogP contribution in [0.1, 0.15) is 36.3 Å². The van der Waals surface area contributed by atoms with Crippen LogP contribution in [0.2, 0.25) is 0 Å². The van der Waals surface area contributed by atoms with Crippen molar-refractivity contribution in [1.82, 2.24) is 24.1 Å². The number of imidazole rings is 1. The molecule has 13 heteroatoms. The predicted octanol–water partition coefficient (Wildman–Crippen LogP) is 3.45. The fraction of sp³-hybridized carbons (Fsp3) is 0.318. The van der Waals surface area contributed by atoms with Gasteiger partial charge in [0.05, 0.1) is 23.0 Å². The molecule has 0 saturated heterocycles. The van der Waals surface area contributed by atoms with Gasteiger partial charge in [-0.2, -0.15) is 13.2 Å². The zero-order valence-corrected chi connectivity index (χ0v) is 19.1. The molecule has 1 aromatic carbocycles. The van der Waals surface area contributed by atoms with Gasteiger partial charge in [0.15, 0.2) is 23.6 Å². The highest BCUT2D eigenvalue weighted by molar-refractivity contribution is 7.89. The standard InChI is InChI=1S/C22H19F3N6O3S/c1-12-2-3-13(35(32,33)30-21-8-20(9-21,10-21)17-6-27-11-34-17)4-14(12)15-5-28-19-18(26)29-16(7-31(15)19)22(23,24)25/h2-7,11,30H,8-10H2,1H3,(H2,26,29). The lowest BCUT2D eigenvalue weighted by molar-refractivity contribution is -0.141. The summed E-state index contributed by atoms with van der Waals surface area (Å²) in [5, 5.41) is 0. The van der Waals surface area contributed by atoms with E-state index in [0.29, 0.717) is 30.4 Å². The molecule has 182 valence electrons. The Labute approximate surface area is 197 Å². The topological polar surface area (TPSA) is 128 Å². The number of aryl methyl sites for hydroxylation is 1. The number of alkyl halides is 3. The highest BCUT2D eigenvalue weighted by atomic mass is 32.2. The first-order valence-electron chi connectivity index (χ1n) is 10.7. The third-order valence-corrected chi connectivity index (χ3v) is 8.52. The summed E-state index contributed by atoms with van der Waals surface area (Å²) in [7, 11) is -3.90. The van der Waals surface area contributed by atoms with Crippen LogP contribution in [-0.4, -0.2) is 33.3 Å². The normalized spacial score (nSPS) is 23.8. The summed E-state index contributed by atoms with van der Waals surface area (Å²) in [5.41, 5.74) is 5.22. The molecular formula is C22H19F3N6O3S. The van der Waals surface area contributed by atoms with E-state index in [-0.39, 0.29) is 27.5 Å². The molecule has 3 aromatic heterocycles. The zero-order valence-electron chi connectivity index (χ0n) is 18.3. The lowest BCUT2D eigenvalue weighted by Crippen LogP contribution is -2.76. The molecule has 3 N–H and O–H groups in total. The number of aromatic nitrogens is 4. The van der Waals surface area contributed by atoms with E-state index in [1.807, 2.05) is 0 Å². The molecule has 3 fully saturated rings. The summed E-state index contributed by atoms with van der Waals surface area (Å²) < 4.78 is 75.8. The molecule has 3 saturated carbocycles. The van der Waals surface area contributed by atoms with Gasteiger partial charge < -0.3 is 10.2 Å². The van der Waals surface area contributed by atoms with Crippen LogP contribution in [0.3, 0.4) is 0 Å². The molecule has 35 heavy (non-hydrogen) atoms. The fourth-order valence-corrected chi connectivity index (χ4v) is 6.80. The van der Waals surface area contributed by atoms with E-state index in [2.05, 4.69) is 19.7 Å². The molecule has 9 nitrogen and oxygen atoms in total. The van der Waals surface area contributed by atoms with Crippen LogP contribution in [0.15, 0.2) is 52.5 Å². The van der Waals surface area contributed by atoms with E-state index < -0.39 is 27.4 Å². The number of sulfonamides is 1. The maximum Gasteiger partial charge on any atom is 0.434 e. The van der Waals surface area contributed by atoms with Crippen LogP contribution in [-0.2, 0) is 21.6 Å². The molecule has 4 aromatic rings. The maximum absolute atomic E-state index is 13.3. The number of nitrogens with two attached hydrogens (primary N) is 1. The number of hydrogen-bond donors (Lipinski definition) is 2. The van der Waals surface area contributed by atoms with Gasteiger partial charge in [0, 0.05) is 22.7 Å². The van der Waals surface area contributed by atoms with E-state index >= 15 is 0 Å². The molecular weight excluding hydrogens is 485 g/mol. The van der Waals surface area contributed by atoms with Gasteiger partial charge in [-0.1, -0.05) is 6.07 Å². The second kappa shape index (κ2) is 6.82. The van der Waals surface area contributed by atoms with Crippen molar-refractivity contribution < 1.29 is 26.0 Å². The Morgan fingerprint density at radius 3 is 2.60 bits per heavy atom. The van der Waals surface area contributed by atoms with Gasteiger partial charge in [0.2, 0.25) is 10.0 Å². The zero-order chi connectivity index (χ0) is 24.8. The van der Waals surface area contributed by atoms with Crippen LogP contribution in [0.5, 0.6) is 0 Å². The number of nitrogens with zero attached hydrogens (tertiary/aromatic N) is 4. The monoisotopic (exact) mass is 504 g/mol.